The molecule has 0 spiro atoms. The SMILES string of the molecule is COC(=O)c1cc(F)cc(C(O)C(O)CC(N)=O)c1. The van der Waals surface area contributed by atoms with Gasteiger partial charge in [0.25, 0.3) is 0 Å². The van der Waals surface area contributed by atoms with Gasteiger partial charge in [0.1, 0.15) is 11.9 Å². The summed E-state index contributed by atoms with van der Waals surface area (Å²) in [5.41, 5.74) is 4.72. The molecule has 0 fully saturated rings. The van der Waals surface area contributed by atoms with Crippen LogP contribution in [-0.4, -0.2) is 35.3 Å². The van der Waals surface area contributed by atoms with Crippen molar-refractivity contribution in [2.75, 3.05) is 7.11 Å². The van der Waals surface area contributed by atoms with Crippen LogP contribution in [0.25, 0.3) is 0 Å². The number of methoxy groups -OCH3 is 1. The number of carbonyl (C=O) groups is 2. The van der Waals surface area contributed by atoms with Gasteiger partial charge in [-0.15, -0.1) is 0 Å². The van der Waals surface area contributed by atoms with Crippen LogP contribution in [0.5, 0.6) is 0 Å². The van der Waals surface area contributed by atoms with Gasteiger partial charge in [-0.3, -0.25) is 4.79 Å². The molecule has 0 aromatic heterocycles. The largest absolute Gasteiger partial charge is 0.465 e. The van der Waals surface area contributed by atoms with Gasteiger partial charge in [0.05, 0.1) is 25.2 Å². The van der Waals surface area contributed by atoms with Gasteiger partial charge in [-0.05, 0) is 23.8 Å². The van der Waals surface area contributed by atoms with Crippen LogP contribution in [0.4, 0.5) is 4.39 Å². The molecule has 104 valence electrons. The van der Waals surface area contributed by atoms with Crippen LogP contribution in [0.3, 0.4) is 0 Å². The maximum Gasteiger partial charge on any atom is 0.337 e. The summed E-state index contributed by atoms with van der Waals surface area (Å²) in [6, 6.07) is 3.05. The smallest absolute Gasteiger partial charge is 0.337 e. The zero-order valence-corrected chi connectivity index (χ0v) is 10.2. The van der Waals surface area contributed by atoms with E-state index in [9.17, 15) is 24.2 Å². The Morgan fingerprint density at radius 3 is 2.53 bits per heavy atom. The van der Waals surface area contributed by atoms with E-state index in [0.29, 0.717) is 0 Å². The minimum atomic E-state index is -1.54. The fourth-order valence-corrected chi connectivity index (χ4v) is 1.56. The molecule has 1 aromatic carbocycles. The Kier molecular flexibility index (Phi) is 4.96. The molecule has 0 heterocycles. The number of benzene rings is 1. The number of aliphatic hydroxyl groups is 2. The highest BCUT2D eigenvalue weighted by Gasteiger charge is 2.22. The Bertz CT molecular complexity index is 491. The molecule has 0 saturated heterocycles. The third-order valence-electron chi connectivity index (χ3n) is 2.46. The van der Waals surface area contributed by atoms with E-state index in [1.54, 1.807) is 0 Å². The standard InChI is InChI=1S/C12H14FNO5/c1-19-12(18)7-2-6(3-8(13)4-7)11(17)9(15)5-10(14)16/h2-4,9,11,15,17H,5H2,1H3,(H2,14,16). The van der Waals surface area contributed by atoms with Gasteiger partial charge in [-0.2, -0.15) is 0 Å². The molecule has 0 radical (unpaired) electrons. The van der Waals surface area contributed by atoms with Gasteiger partial charge in [-0.1, -0.05) is 0 Å². The van der Waals surface area contributed by atoms with E-state index >= 15 is 0 Å². The van der Waals surface area contributed by atoms with Gasteiger partial charge < -0.3 is 20.7 Å². The summed E-state index contributed by atoms with van der Waals surface area (Å²) in [6.07, 6.45) is -3.50. The van der Waals surface area contributed by atoms with Crippen molar-refractivity contribution in [3.8, 4) is 0 Å². The van der Waals surface area contributed by atoms with Crippen molar-refractivity contribution in [2.24, 2.45) is 5.73 Å². The van der Waals surface area contributed by atoms with Crippen LogP contribution in [-0.2, 0) is 9.53 Å². The molecule has 0 bridgehead atoms. The van der Waals surface area contributed by atoms with Gasteiger partial charge >= 0.3 is 5.97 Å². The van der Waals surface area contributed by atoms with Crippen molar-refractivity contribution in [2.45, 2.75) is 18.6 Å². The first-order valence-corrected chi connectivity index (χ1v) is 5.38. The molecule has 1 rings (SSSR count). The summed E-state index contributed by atoms with van der Waals surface area (Å²) < 4.78 is 17.7. The van der Waals surface area contributed by atoms with Crippen LogP contribution >= 0.6 is 0 Å². The summed E-state index contributed by atoms with van der Waals surface area (Å²) in [7, 11) is 1.13. The molecule has 0 saturated carbocycles. The van der Waals surface area contributed by atoms with E-state index in [1.165, 1.54) is 6.07 Å². The first-order valence-electron chi connectivity index (χ1n) is 5.38. The van der Waals surface area contributed by atoms with Crippen LogP contribution < -0.4 is 5.73 Å². The minimum Gasteiger partial charge on any atom is -0.465 e. The highest BCUT2D eigenvalue weighted by Crippen LogP contribution is 2.21. The number of amides is 1. The zero-order valence-electron chi connectivity index (χ0n) is 10.2. The lowest BCUT2D eigenvalue weighted by Crippen LogP contribution is -2.26. The number of aliphatic hydroxyl groups excluding tert-OH is 2. The third kappa shape index (κ3) is 4.01. The molecule has 1 amide bonds. The minimum absolute atomic E-state index is 0.0471. The van der Waals surface area contributed by atoms with E-state index in [1.807, 2.05) is 0 Å². The number of hydrogen-bond donors (Lipinski definition) is 3. The second-order valence-corrected chi connectivity index (χ2v) is 3.95. The fraction of sp³-hybridized carbons (Fsp3) is 0.333. The maximum atomic E-state index is 13.3. The molecule has 2 atom stereocenters. The molecule has 6 nitrogen and oxygen atoms in total. The van der Waals surface area contributed by atoms with E-state index in [2.05, 4.69) is 4.74 Å². The number of ether oxygens (including phenoxy) is 1. The summed E-state index contributed by atoms with van der Waals surface area (Å²) in [4.78, 5) is 21.9. The first kappa shape index (κ1) is 15.1. The Balaban J connectivity index is 3.02. The lowest BCUT2D eigenvalue weighted by atomic mass is 9.99. The number of halogens is 1. The van der Waals surface area contributed by atoms with Gasteiger partial charge in [0, 0.05) is 0 Å². The number of primary amides is 1. The topological polar surface area (TPSA) is 110 Å². The monoisotopic (exact) mass is 271 g/mol. The van der Waals surface area contributed by atoms with E-state index in [4.69, 9.17) is 5.73 Å². The molecular weight excluding hydrogens is 257 g/mol. The number of nitrogens with two attached hydrogens (primary N) is 1. The summed E-state index contributed by atoms with van der Waals surface area (Å²) in [5.74, 6) is -2.36. The summed E-state index contributed by atoms with van der Waals surface area (Å²) >= 11 is 0. The highest BCUT2D eigenvalue weighted by molar-refractivity contribution is 5.89. The Morgan fingerprint density at radius 1 is 1.37 bits per heavy atom. The zero-order chi connectivity index (χ0) is 14.6. The van der Waals surface area contributed by atoms with E-state index in [0.717, 1.165) is 19.2 Å². The predicted molar refractivity (Wildman–Crippen MR) is 62.5 cm³/mol. The van der Waals surface area contributed by atoms with Crippen molar-refractivity contribution in [1.29, 1.82) is 0 Å². The molecule has 1 aromatic rings. The molecular formula is C12H14FNO5. The van der Waals surface area contributed by atoms with Crippen LogP contribution in [0.15, 0.2) is 18.2 Å². The van der Waals surface area contributed by atoms with Crippen LogP contribution in [0, 0.1) is 5.82 Å². The lowest BCUT2D eigenvalue weighted by Gasteiger charge is -2.17. The second-order valence-electron chi connectivity index (χ2n) is 3.95. The average molecular weight is 271 g/mol. The molecule has 4 N–H and O–H groups in total. The molecule has 0 aliphatic rings. The molecule has 2 unspecified atom stereocenters. The Hall–Kier alpha value is -1.99. The fourth-order valence-electron chi connectivity index (χ4n) is 1.56. The lowest BCUT2D eigenvalue weighted by molar-refractivity contribution is -0.121. The number of carbonyl (C=O) groups excluding carboxylic acids is 2. The summed E-state index contributed by atoms with van der Waals surface area (Å²) in [6.45, 7) is 0. The summed E-state index contributed by atoms with van der Waals surface area (Å²) in [5, 5.41) is 19.3. The van der Waals surface area contributed by atoms with Crippen LogP contribution in [0.2, 0.25) is 0 Å². The van der Waals surface area contributed by atoms with Gasteiger partial charge in [-0.25, -0.2) is 9.18 Å². The van der Waals surface area contributed by atoms with Crippen molar-refractivity contribution in [3.63, 3.8) is 0 Å². The van der Waals surface area contributed by atoms with E-state index < -0.39 is 36.3 Å². The van der Waals surface area contributed by atoms with Crippen LogP contribution in [0.1, 0.15) is 28.4 Å². The van der Waals surface area contributed by atoms with Crippen molar-refractivity contribution >= 4 is 11.9 Å². The average Bonchev–Trinajstić information content (AvgIpc) is 2.35. The predicted octanol–water partition coefficient (Wildman–Crippen LogP) is -0.118. The third-order valence-corrected chi connectivity index (χ3v) is 2.46. The number of rotatable bonds is 5. The Labute approximate surface area is 108 Å². The molecule has 19 heavy (non-hydrogen) atoms. The first-order chi connectivity index (χ1) is 8.85. The quantitative estimate of drug-likeness (QED) is 0.647. The Morgan fingerprint density at radius 2 is 2.00 bits per heavy atom. The second kappa shape index (κ2) is 6.26. The van der Waals surface area contributed by atoms with Crippen molar-refractivity contribution in [1.82, 2.24) is 0 Å². The highest BCUT2D eigenvalue weighted by atomic mass is 19.1. The van der Waals surface area contributed by atoms with E-state index in [-0.39, 0.29) is 11.1 Å². The maximum absolute atomic E-state index is 13.3. The number of hydrogen-bond acceptors (Lipinski definition) is 5. The van der Waals surface area contributed by atoms with Crippen molar-refractivity contribution in [3.05, 3.63) is 35.1 Å². The van der Waals surface area contributed by atoms with Gasteiger partial charge in [0.15, 0.2) is 0 Å². The van der Waals surface area contributed by atoms with Crippen molar-refractivity contribution < 1.29 is 28.9 Å². The van der Waals surface area contributed by atoms with Gasteiger partial charge in [0.2, 0.25) is 5.91 Å². The molecule has 0 aliphatic heterocycles. The molecule has 7 heteroatoms. The number of esters is 1. The normalized spacial score (nSPS) is 13.7. The molecule has 0 aliphatic carbocycles.